The number of hydrogen-bond donors (Lipinski definition) is 1. The van der Waals surface area contributed by atoms with Crippen molar-refractivity contribution in [2.45, 2.75) is 13.0 Å². The zero-order chi connectivity index (χ0) is 11.3. The molecule has 2 aromatic rings. The first-order valence-electron chi connectivity index (χ1n) is 5.34. The molecule has 0 saturated carbocycles. The van der Waals surface area contributed by atoms with Gasteiger partial charge in [0.05, 0.1) is 5.02 Å². The minimum Gasteiger partial charge on any atom is -0.347 e. The molecule has 0 bridgehead atoms. The van der Waals surface area contributed by atoms with Crippen LogP contribution in [0.4, 0.5) is 4.39 Å². The third-order valence-electron chi connectivity index (χ3n) is 3.32. The van der Waals surface area contributed by atoms with Gasteiger partial charge in [-0.15, -0.1) is 0 Å². The molecule has 1 aromatic heterocycles. The van der Waals surface area contributed by atoms with Crippen molar-refractivity contribution in [2.24, 2.45) is 7.05 Å². The lowest BCUT2D eigenvalue weighted by Gasteiger charge is -2.14. The fraction of sp³-hybridized carbons (Fsp3) is 0.333. The van der Waals surface area contributed by atoms with Gasteiger partial charge in [-0.05, 0) is 17.7 Å². The maximum absolute atomic E-state index is 13.5. The highest BCUT2D eigenvalue weighted by atomic mass is 35.5. The van der Waals surface area contributed by atoms with Crippen molar-refractivity contribution in [3.05, 3.63) is 34.2 Å². The number of halogens is 2. The lowest BCUT2D eigenvalue weighted by atomic mass is 10.1. The molecule has 0 aliphatic carbocycles. The molecule has 0 fully saturated rings. The quantitative estimate of drug-likeness (QED) is 0.747. The van der Waals surface area contributed by atoms with Crippen LogP contribution in [0.2, 0.25) is 5.02 Å². The van der Waals surface area contributed by atoms with Gasteiger partial charge in [0.15, 0.2) is 0 Å². The summed E-state index contributed by atoms with van der Waals surface area (Å²) in [5, 5.41) is 4.48. The largest absolute Gasteiger partial charge is 0.347 e. The van der Waals surface area contributed by atoms with Gasteiger partial charge < -0.3 is 9.88 Å². The van der Waals surface area contributed by atoms with Crippen molar-refractivity contribution < 1.29 is 4.39 Å². The zero-order valence-corrected chi connectivity index (χ0v) is 9.74. The normalized spacial score (nSPS) is 15.4. The molecule has 1 aliphatic heterocycles. The standard InChI is InChI=1S/C12H12ClFN2/c1-16-11-2-3-15-6-8(11)7-4-10(14)9(13)5-12(7)16/h4-5,15H,2-3,6H2,1H3. The average molecular weight is 239 g/mol. The van der Waals surface area contributed by atoms with Gasteiger partial charge in [0, 0.05) is 43.2 Å². The Kier molecular flexibility index (Phi) is 2.19. The predicted octanol–water partition coefficient (Wildman–Crippen LogP) is 2.62. The van der Waals surface area contributed by atoms with Gasteiger partial charge in [-0.3, -0.25) is 0 Å². The van der Waals surface area contributed by atoms with E-state index in [4.69, 9.17) is 11.6 Å². The highest BCUT2D eigenvalue weighted by molar-refractivity contribution is 6.31. The molecule has 2 heterocycles. The Hall–Kier alpha value is -1.06. The topological polar surface area (TPSA) is 17.0 Å². The molecule has 1 aliphatic rings. The Morgan fingerprint density at radius 1 is 1.44 bits per heavy atom. The molecule has 0 radical (unpaired) electrons. The number of fused-ring (bicyclic) bond motifs is 3. The van der Waals surface area contributed by atoms with E-state index < -0.39 is 0 Å². The maximum Gasteiger partial charge on any atom is 0.142 e. The molecule has 0 saturated heterocycles. The summed E-state index contributed by atoms with van der Waals surface area (Å²) in [5.41, 5.74) is 3.51. The smallest absolute Gasteiger partial charge is 0.142 e. The molecule has 84 valence electrons. The molecule has 1 N–H and O–H groups in total. The van der Waals surface area contributed by atoms with Crippen molar-refractivity contribution in [3.63, 3.8) is 0 Å². The van der Waals surface area contributed by atoms with Gasteiger partial charge in [0.2, 0.25) is 0 Å². The van der Waals surface area contributed by atoms with E-state index in [1.54, 1.807) is 12.1 Å². The van der Waals surface area contributed by atoms with E-state index in [1.165, 1.54) is 11.3 Å². The van der Waals surface area contributed by atoms with Crippen LogP contribution in [0.1, 0.15) is 11.3 Å². The molecule has 16 heavy (non-hydrogen) atoms. The fourth-order valence-corrected chi connectivity index (χ4v) is 2.65. The van der Waals surface area contributed by atoms with Gasteiger partial charge in [0.25, 0.3) is 0 Å². The molecular formula is C12H12ClFN2. The number of nitrogens with zero attached hydrogens (tertiary/aromatic N) is 1. The summed E-state index contributed by atoms with van der Waals surface area (Å²) in [5.74, 6) is -0.340. The van der Waals surface area contributed by atoms with Crippen molar-refractivity contribution in [1.82, 2.24) is 9.88 Å². The van der Waals surface area contributed by atoms with Crippen LogP contribution < -0.4 is 5.32 Å². The highest BCUT2D eigenvalue weighted by Gasteiger charge is 2.19. The van der Waals surface area contributed by atoms with E-state index >= 15 is 0 Å². The number of aryl methyl sites for hydroxylation is 1. The lowest BCUT2D eigenvalue weighted by Crippen LogP contribution is -2.24. The Morgan fingerprint density at radius 2 is 2.25 bits per heavy atom. The maximum atomic E-state index is 13.5. The van der Waals surface area contributed by atoms with Crippen molar-refractivity contribution in [3.8, 4) is 0 Å². The molecule has 0 atom stereocenters. The van der Waals surface area contributed by atoms with Gasteiger partial charge >= 0.3 is 0 Å². The number of hydrogen-bond acceptors (Lipinski definition) is 1. The number of nitrogens with one attached hydrogen (secondary N) is 1. The SMILES string of the molecule is Cn1c2c(c3cc(F)c(Cl)cc31)CNCC2. The van der Waals surface area contributed by atoms with Crippen LogP contribution in [0.25, 0.3) is 10.9 Å². The first kappa shape index (κ1) is 10.1. The fourth-order valence-electron chi connectivity index (χ4n) is 2.49. The summed E-state index contributed by atoms with van der Waals surface area (Å²) in [4.78, 5) is 0. The van der Waals surface area contributed by atoms with Gasteiger partial charge in [-0.1, -0.05) is 11.6 Å². The van der Waals surface area contributed by atoms with Crippen LogP contribution in [0, 0.1) is 5.82 Å². The first-order valence-corrected chi connectivity index (χ1v) is 5.72. The second-order valence-corrected chi connectivity index (χ2v) is 4.60. The minimum absolute atomic E-state index is 0.193. The van der Waals surface area contributed by atoms with Crippen LogP contribution in [0.15, 0.2) is 12.1 Å². The average Bonchev–Trinajstić information content (AvgIpc) is 2.55. The van der Waals surface area contributed by atoms with Crippen LogP contribution in [-0.4, -0.2) is 11.1 Å². The second-order valence-electron chi connectivity index (χ2n) is 4.19. The number of benzene rings is 1. The van der Waals surface area contributed by atoms with E-state index in [-0.39, 0.29) is 10.8 Å². The molecule has 2 nitrogen and oxygen atoms in total. The summed E-state index contributed by atoms with van der Waals surface area (Å²) < 4.78 is 15.6. The second kappa shape index (κ2) is 3.47. The Morgan fingerprint density at radius 3 is 3.06 bits per heavy atom. The zero-order valence-electron chi connectivity index (χ0n) is 8.98. The van der Waals surface area contributed by atoms with E-state index in [9.17, 15) is 4.39 Å². The third kappa shape index (κ3) is 1.28. The van der Waals surface area contributed by atoms with Crippen LogP contribution in [-0.2, 0) is 20.0 Å². The molecule has 1 aromatic carbocycles. The van der Waals surface area contributed by atoms with Gasteiger partial charge in [-0.2, -0.15) is 0 Å². The predicted molar refractivity (Wildman–Crippen MR) is 63.3 cm³/mol. The first-order chi connectivity index (χ1) is 7.68. The highest BCUT2D eigenvalue weighted by Crippen LogP contribution is 2.31. The van der Waals surface area contributed by atoms with Crippen LogP contribution in [0.5, 0.6) is 0 Å². The van der Waals surface area contributed by atoms with Crippen LogP contribution in [0.3, 0.4) is 0 Å². The molecule has 4 heteroatoms. The number of rotatable bonds is 0. The Balaban J connectivity index is 2.40. The van der Waals surface area contributed by atoms with Crippen molar-refractivity contribution >= 4 is 22.5 Å². The monoisotopic (exact) mass is 238 g/mol. The Labute approximate surface area is 98.0 Å². The van der Waals surface area contributed by atoms with E-state index in [0.29, 0.717) is 0 Å². The summed E-state index contributed by atoms with van der Waals surface area (Å²) in [7, 11) is 2.01. The Bertz CT molecular complexity index is 574. The molecule has 3 rings (SSSR count). The van der Waals surface area contributed by atoms with Crippen LogP contribution >= 0.6 is 11.6 Å². The lowest BCUT2D eigenvalue weighted by molar-refractivity contribution is 0.621. The summed E-state index contributed by atoms with van der Waals surface area (Å²) in [6, 6.07) is 3.26. The van der Waals surface area contributed by atoms with E-state index in [0.717, 1.165) is 30.4 Å². The van der Waals surface area contributed by atoms with Crippen molar-refractivity contribution in [1.29, 1.82) is 0 Å². The molecular weight excluding hydrogens is 227 g/mol. The van der Waals surface area contributed by atoms with Gasteiger partial charge in [-0.25, -0.2) is 4.39 Å². The molecule has 0 spiro atoms. The number of aromatic nitrogens is 1. The molecule has 0 unspecified atom stereocenters. The summed E-state index contributed by atoms with van der Waals surface area (Å²) in [6.07, 6.45) is 0.986. The van der Waals surface area contributed by atoms with Crippen molar-refractivity contribution in [2.75, 3.05) is 6.54 Å². The van der Waals surface area contributed by atoms with E-state index in [1.807, 2.05) is 7.05 Å². The summed E-state index contributed by atoms with van der Waals surface area (Å²) >= 11 is 5.82. The minimum atomic E-state index is -0.340. The van der Waals surface area contributed by atoms with E-state index in [2.05, 4.69) is 9.88 Å². The third-order valence-corrected chi connectivity index (χ3v) is 3.61. The molecule has 0 amide bonds. The summed E-state index contributed by atoms with van der Waals surface area (Å²) in [6.45, 7) is 1.79. The van der Waals surface area contributed by atoms with Gasteiger partial charge in [0.1, 0.15) is 5.82 Å².